The highest BCUT2D eigenvalue weighted by atomic mass is 16.6. The molecule has 1 aromatic rings. The zero-order valence-electron chi connectivity index (χ0n) is 20.2. The van der Waals surface area contributed by atoms with Gasteiger partial charge < -0.3 is 24.6 Å². The molecule has 1 aliphatic rings. The third-order valence-corrected chi connectivity index (χ3v) is 5.64. The summed E-state index contributed by atoms with van der Waals surface area (Å²) in [6.07, 6.45) is 4.08. The standard InChI is InChI=1S/C25H33NO8/c1-5-6-13-26-19(27)10-12-21(30)34-24-17(9-7-15(2)8-11-20(28)29)23(32-4)16(3)18-14-33-25(31)22(18)24/h7H,5-6,8-14H2,1-4H3,(H,26,27)(H,28,29)/b15-7+. The molecular formula is C25H33NO8. The van der Waals surface area contributed by atoms with E-state index in [1.807, 2.05) is 19.9 Å². The monoisotopic (exact) mass is 475 g/mol. The van der Waals surface area contributed by atoms with Crippen LogP contribution in [0.5, 0.6) is 11.5 Å². The zero-order chi connectivity index (χ0) is 25.3. The predicted molar refractivity (Wildman–Crippen MR) is 124 cm³/mol. The number of aliphatic carboxylic acids is 1. The van der Waals surface area contributed by atoms with Crippen LogP contribution in [0.15, 0.2) is 11.6 Å². The van der Waals surface area contributed by atoms with Gasteiger partial charge in [0.15, 0.2) is 5.75 Å². The van der Waals surface area contributed by atoms with Crippen molar-refractivity contribution in [2.24, 2.45) is 0 Å². The van der Waals surface area contributed by atoms with Crippen LogP contribution in [0, 0.1) is 6.92 Å². The number of hydrogen-bond acceptors (Lipinski definition) is 7. The Morgan fingerprint density at radius 3 is 2.53 bits per heavy atom. The van der Waals surface area contributed by atoms with Crippen molar-refractivity contribution >= 4 is 23.8 Å². The average molecular weight is 476 g/mol. The zero-order valence-corrected chi connectivity index (χ0v) is 20.2. The first-order valence-electron chi connectivity index (χ1n) is 11.4. The van der Waals surface area contributed by atoms with E-state index >= 15 is 0 Å². The third-order valence-electron chi connectivity index (χ3n) is 5.64. The summed E-state index contributed by atoms with van der Waals surface area (Å²) in [4.78, 5) is 47.9. The summed E-state index contributed by atoms with van der Waals surface area (Å²) < 4.78 is 16.4. The molecule has 186 valence electrons. The van der Waals surface area contributed by atoms with Gasteiger partial charge in [-0.1, -0.05) is 25.0 Å². The van der Waals surface area contributed by atoms with Crippen LogP contribution in [0.2, 0.25) is 0 Å². The number of allylic oxidation sites excluding steroid dienone is 2. The van der Waals surface area contributed by atoms with E-state index < -0.39 is 17.9 Å². The van der Waals surface area contributed by atoms with Gasteiger partial charge in [-0.25, -0.2) is 4.79 Å². The molecule has 1 aliphatic heterocycles. The molecule has 2 rings (SSSR count). The van der Waals surface area contributed by atoms with Crippen LogP contribution in [0.4, 0.5) is 0 Å². The Labute approximate surface area is 199 Å². The number of carbonyl (C=O) groups is 4. The van der Waals surface area contributed by atoms with Crippen LogP contribution in [0.1, 0.15) is 79.4 Å². The van der Waals surface area contributed by atoms with Crippen molar-refractivity contribution in [3.63, 3.8) is 0 Å². The van der Waals surface area contributed by atoms with Crippen molar-refractivity contribution in [3.8, 4) is 11.5 Å². The number of benzene rings is 1. The molecule has 0 unspecified atom stereocenters. The summed E-state index contributed by atoms with van der Waals surface area (Å²) in [6.45, 7) is 6.23. The predicted octanol–water partition coefficient (Wildman–Crippen LogP) is 3.63. The quantitative estimate of drug-likeness (QED) is 0.192. The number of hydrogen-bond donors (Lipinski definition) is 2. The van der Waals surface area contributed by atoms with Gasteiger partial charge in [-0.3, -0.25) is 14.4 Å². The molecule has 0 aliphatic carbocycles. The minimum atomic E-state index is -0.894. The molecule has 0 atom stereocenters. The highest BCUT2D eigenvalue weighted by molar-refractivity contribution is 5.99. The number of unbranched alkanes of at least 4 members (excludes halogenated alkanes) is 1. The summed E-state index contributed by atoms with van der Waals surface area (Å²) in [5.41, 5.74) is 2.83. The van der Waals surface area contributed by atoms with Gasteiger partial charge in [0.1, 0.15) is 17.9 Å². The van der Waals surface area contributed by atoms with E-state index in [4.69, 9.17) is 19.3 Å². The van der Waals surface area contributed by atoms with Crippen molar-refractivity contribution in [1.82, 2.24) is 5.32 Å². The number of rotatable bonds is 13. The highest BCUT2D eigenvalue weighted by Crippen LogP contribution is 2.43. The maximum Gasteiger partial charge on any atom is 0.342 e. The summed E-state index contributed by atoms with van der Waals surface area (Å²) in [7, 11) is 1.49. The Bertz CT molecular complexity index is 980. The van der Waals surface area contributed by atoms with Gasteiger partial charge >= 0.3 is 17.9 Å². The molecule has 0 spiro atoms. The van der Waals surface area contributed by atoms with Crippen molar-refractivity contribution in [3.05, 3.63) is 33.9 Å². The largest absolute Gasteiger partial charge is 0.496 e. The smallest absolute Gasteiger partial charge is 0.342 e. The topological polar surface area (TPSA) is 128 Å². The molecule has 2 N–H and O–H groups in total. The molecule has 0 saturated carbocycles. The van der Waals surface area contributed by atoms with Gasteiger partial charge in [-0.15, -0.1) is 0 Å². The van der Waals surface area contributed by atoms with Gasteiger partial charge in [0.2, 0.25) is 5.91 Å². The minimum absolute atomic E-state index is 0.00280. The van der Waals surface area contributed by atoms with E-state index in [-0.39, 0.29) is 49.5 Å². The number of ether oxygens (including phenoxy) is 3. The van der Waals surface area contributed by atoms with Gasteiger partial charge in [0.25, 0.3) is 0 Å². The second kappa shape index (κ2) is 12.8. The van der Waals surface area contributed by atoms with Crippen LogP contribution in [0.25, 0.3) is 0 Å². The SMILES string of the molecule is CCCCNC(=O)CCC(=O)Oc1c(C/C=C(\C)CCC(=O)O)c(OC)c(C)c2c1C(=O)OC2. The molecule has 0 aromatic heterocycles. The Kier molecular flexibility index (Phi) is 10.1. The van der Waals surface area contributed by atoms with Gasteiger partial charge in [0, 0.05) is 30.5 Å². The summed E-state index contributed by atoms with van der Waals surface area (Å²) >= 11 is 0. The number of nitrogens with one attached hydrogen (secondary N) is 1. The molecule has 9 nitrogen and oxygen atoms in total. The molecule has 0 radical (unpaired) electrons. The number of fused-ring (bicyclic) bond motifs is 1. The lowest BCUT2D eigenvalue weighted by molar-refractivity contribution is -0.137. The second-order valence-electron chi connectivity index (χ2n) is 8.22. The Morgan fingerprint density at radius 2 is 1.88 bits per heavy atom. The molecular weight excluding hydrogens is 442 g/mol. The number of esters is 2. The fraction of sp³-hybridized carbons (Fsp3) is 0.520. The lowest BCUT2D eigenvalue weighted by atomic mass is 9.94. The number of carbonyl (C=O) groups excluding carboxylic acids is 3. The summed E-state index contributed by atoms with van der Waals surface area (Å²) in [6, 6.07) is 0. The number of carboxylic acids is 1. The van der Waals surface area contributed by atoms with Gasteiger partial charge in [0.05, 0.1) is 13.5 Å². The fourth-order valence-corrected chi connectivity index (χ4v) is 3.68. The van der Waals surface area contributed by atoms with Crippen LogP contribution in [-0.4, -0.2) is 42.6 Å². The van der Waals surface area contributed by atoms with Crippen LogP contribution in [-0.2, 0) is 32.1 Å². The molecule has 0 saturated heterocycles. The van der Waals surface area contributed by atoms with Crippen LogP contribution < -0.4 is 14.8 Å². The normalized spacial score (nSPS) is 12.7. The molecule has 1 aromatic carbocycles. The Morgan fingerprint density at radius 1 is 1.15 bits per heavy atom. The van der Waals surface area contributed by atoms with Crippen molar-refractivity contribution in [1.29, 1.82) is 0 Å². The Balaban J connectivity index is 2.31. The fourth-order valence-electron chi connectivity index (χ4n) is 3.68. The summed E-state index contributed by atoms with van der Waals surface area (Å²) in [5, 5.41) is 11.7. The van der Waals surface area contributed by atoms with Crippen LogP contribution in [0.3, 0.4) is 0 Å². The first-order chi connectivity index (χ1) is 16.2. The van der Waals surface area contributed by atoms with E-state index in [9.17, 15) is 19.2 Å². The number of methoxy groups -OCH3 is 1. The molecule has 1 amide bonds. The van der Waals surface area contributed by atoms with E-state index in [0.717, 1.165) is 18.4 Å². The molecule has 34 heavy (non-hydrogen) atoms. The lowest BCUT2D eigenvalue weighted by Crippen LogP contribution is -2.25. The average Bonchev–Trinajstić information content (AvgIpc) is 3.18. The van der Waals surface area contributed by atoms with Crippen molar-refractivity contribution in [2.75, 3.05) is 13.7 Å². The maximum atomic E-state index is 12.6. The first-order valence-corrected chi connectivity index (χ1v) is 11.4. The van der Waals surface area contributed by atoms with Crippen molar-refractivity contribution in [2.45, 2.75) is 72.3 Å². The van der Waals surface area contributed by atoms with E-state index in [1.54, 1.807) is 6.92 Å². The van der Waals surface area contributed by atoms with Crippen LogP contribution >= 0.6 is 0 Å². The highest BCUT2D eigenvalue weighted by Gasteiger charge is 2.34. The maximum absolute atomic E-state index is 12.6. The minimum Gasteiger partial charge on any atom is -0.496 e. The van der Waals surface area contributed by atoms with Crippen molar-refractivity contribution < 1.29 is 38.5 Å². The van der Waals surface area contributed by atoms with E-state index in [1.165, 1.54) is 7.11 Å². The second-order valence-corrected chi connectivity index (χ2v) is 8.22. The number of cyclic esters (lactones) is 1. The number of amides is 1. The lowest BCUT2D eigenvalue weighted by Gasteiger charge is -2.19. The molecule has 9 heteroatoms. The molecule has 1 heterocycles. The molecule has 0 bridgehead atoms. The summed E-state index contributed by atoms with van der Waals surface area (Å²) in [5.74, 6) is -1.83. The van der Waals surface area contributed by atoms with Gasteiger partial charge in [-0.2, -0.15) is 0 Å². The Hall–Kier alpha value is -3.36. The first kappa shape index (κ1) is 26.9. The van der Waals surface area contributed by atoms with E-state index in [2.05, 4.69) is 5.32 Å². The molecule has 0 fully saturated rings. The van der Waals surface area contributed by atoms with E-state index in [0.29, 0.717) is 35.4 Å². The number of carboxylic acid groups (broad SMARTS) is 1. The third kappa shape index (κ3) is 7.07. The van der Waals surface area contributed by atoms with Gasteiger partial charge in [-0.05, 0) is 38.7 Å².